The number of carbonyl (C=O) groups is 2. The van der Waals surface area contributed by atoms with Gasteiger partial charge in [-0.2, -0.15) is 0 Å². The van der Waals surface area contributed by atoms with Crippen LogP contribution in [0, 0.1) is 17.7 Å². The second kappa shape index (κ2) is 4.94. The zero-order chi connectivity index (χ0) is 12.1. The van der Waals surface area contributed by atoms with E-state index in [0.717, 1.165) is 18.2 Å². The third-order valence-electron chi connectivity index (χ3n) is 1.70. The van der Waals surface area contributed by atoms with E-state index in [2.05, 4.69) is 17.2 Å². The van der Waals surface area contributed by atoms with Crippen LogP contribution in [0.5, 0.6) is 0 Å². The number of amides is 1. The van der Waals surface area contributed by atoms with Gasteiger partial charge in [0.2, 0.25) is 0 Å². The van der Waals surface area contributed by atoms with E-state index in [-0.39, 0.29) is 11.3 Å². The Morgan fingerprint density at radius 3 is 2.69 bits per heavy atom. The molecule has 0 saturated carbocycles. The predicted molar refractivity (Wildman–Crippen MR) is 55.4 cm³/mol. The van der Waals surface area contributed by atoms with E-state index in [1.807, 2.05) is 0 Å². The largest absolute Gasteiger partial charge is 0.478 e. The first-order valence-corrected chi connectivity index (χ1v) is 4.31. The SMILES string of the molecule is CC#CC(=O)Nc1cc(F)ccc1C(=O)O. The molecule has 0 aliphatic carbocycles. The van der Waals surface area contributed by atoms with Gasteiger partial charge in [0.1, 0.15) is 5.82 Å². The number of anilines is 1. The van der Waals surface area contributed by atoms with Gasteiger partial charge < -0.3 is 10.4 Å². The van der Waals surface area contributed by atoms with Gasteiger partial charge >= 0.3 is 5.97 Å². The molecule has 0 radical (unpaired) electrons. The van der Waals surface area contributed by atoms with Gasteiger partial charge in [-0.1, -0.05) is 5.92 Å². The lowest BCUT2D eigenvalue weighted by Gasteiger charge is -2.05. The molecule has 0 unspecified atom stereocenters. The van der Waals surface area contributed by atoms with Crippen molar-refractivity contribution in [3.63, 3.8) is 0 Å². The van der Waals surface area contributed by atoms with Crippen molar-refractivity contribution in [2.45, 2.75) is 6.92 Å². The van der Waals surface area contributed by atoms with Crippen molar-refractivity contribution < 1.29 is 19.1 Å². The maximum absolute atomic E-state index is 12.9. The Kier molecular flexibility index (Phi) is 3.62. The van der Waals surface area contributed by atoms with E-state index in [9.17, 15) is 14.0 Å². The lowest BCUT2D eigenvalue weighted by molar-refractivity contribution is -0.111. The summed E-state index contributed by atoms with van der Waals surface area (Å²) in [6.45, 7) is 1.46. The zero-order valence-corrected chi connectivity index (χ0v) is 8.37. The fraction of sp³-hybridized carbons (Fsp3) is 0.0909. The summed E-state index contributed by atoms with van der Waals surface area (Å²) >= 11 is 0. The Labute approximate surface area is 91.1 Å². The third-order valence-corrected chi connectivity index (χ3v) is 1.70. The van der Waals surface area contributed by atoms with E-state index in [1.54, 1.807) is 0 Å². The van der Waals surface area contributed by atoms with Crippen LogP contribution in [0.4, 0.5) is 10.1 Å². The van der Waals surface area contributed by atoms with Crippen molar-refractivity contribution in [2.24, 2.45) is 0 Å². The maximum Gasteiger partial charge on any atom is 0.337 e. The number of nitrogens with one attached hydrogen (secondary N) is 1. The molecule has 1 amide bonds. The number of carboxylic acids is 1. The predicted octanol–water partition coefficient (Wildman–Crippen LogP) is 1.49. The first-order valence-electron chi connectivity index (χ1n) is 4.31. The molecule has 4 nitrogen and oxygen atoms in total. The molecule has 0 bridgehead atoms. The topological polar surface area (TPSA) is 66.4 Å². The summed E-state index contributed by atoms with van der Waals surface area (Å²) < 4.78 is 12.9. The van der Waals surface area contributed by atoms with Crippen molar-refractivity contribution in [3.8, 4) is 11.8 Å². The lowest BCUT2D eigenvalue weighted by Crippen LogP contribution is -2.12. The minimum absolute atomic E-state index is 0.111. The Morgan fingerprint density at radius 1 is 1.44 bits per heavy atom. The van der Waals surface area contributed by atoms with E-state index in [1.165, 1.54) is 6.92 Å². The molecule has 16 heavy (non-hydrogen) atoms. The van der Waals surface area contributed by atoms with Gasteiger partial charge in [0.25, 0.3) is 5.91 Å². The van der Waals surface area contributed by atoms with E-state index in [0.29, 0.717) is 0 Å². The maximum atomic E-state index is 12.9. The molecular weight excluding hydrogens is 213 g/mol. The average Bonchev–Trinajstić information content (AvgIpc) is 2.17. The smallest absolute Gasteiger partial charge is 0.337 e. The molecule has 82 valence electrons. The van der Waals surface area contributed by atoms with Crippen LogP contribution in [0.15, 0.2) is 18.2 Å². The molecule has 1 aromatic rings. The van der Waals surface area contributed by atoms with Crippen molar-refractivity contribution in [1.29, 1.82) is 0 Å². The minimum atomic E-state index is -1.25. The molecular formula is C11H8FNO3. The van der Waals surface area contributed by atoms with Gasteiger partial charge in [-0.3, -0.25) is 4.79 Å². The fourth-order valence-corrected chi connectivity index (χ4v) is 1.07. The van der Waals surface area contributed by atoms with E-state index < -0.39 is 17.7 Å². The van der Waals surface area contributed by atoms with Gasteiger partial charge in [0.05, 0.1) is 11.3 Å². The number of rotatable bonds is 2. The highest BCUT2D eigenvalue weighted by Gasteiger charge is 2.12. The molecule has 0 aliphatic rings. The fourth-order valence-electron chi connectivity index (χ4n) is 1.07. The van der Waals surface area contributed by atoms with Crippen molar-refractivity contribution in [1.82, 2.24) is 0 Å². The van der Waals surface area contributed by atoms with Crippen LogP contribution in [0.3, 0.4) is 0 Å². The molecule has 5 heteroatoms. The summed E-state index contributed by atoms with van der Waals surface area (Å²) in [5.74, 6) is 1.94. The monoisotopic (exact) mass is 221 g/mol. The summed E-state index contributed by atoms with van der Waals surface area (Å²) in [5.41, 5.74) is -0.298. The second-order valence-electron chi connectivity index (χ2n) is 2.82. The second-order valence-corrected chi connectivity index (χ2v) is 2.82. The summed E-state index contributed by atoms with van der Waals surface area (Å²) in [6, 6.07) is 3.01. The highest BCUT2D eigenvalue weighted by Crippen LogP contribution is 2.17. The van der Waals surface area contributed by atoms with E-state index >= 15 is 0 Å². The van der Waals surface area contributed by atoms with Crippen LogP contribution in [0.1, 0.15) is 17.3 Å². The van der Waals surface area contributed by atoms with Crippen molar-refractivity contribution in [2.75, 3.05) is 5.32 Å². The Hall–Kier alpha value is -2.35. The summed E-state index contributed by atoms with van der Waals surface area (Å²) in [7, 11) is 0. The Bertz CT molecular complexity index is 500. The quantitative estimate of drug-likeness (QED) is 0.743. The molecule has 0 saturated heterocycles. The number of aromatic carboxylic acids is 1. The number of hydrogen-bond acceptors (Lipinski definition) is 2. The zero-order valence-electron chi connectivity index (χ0n) is 8.37. The highest BCUT2D eigenvalue weighted by atomic mass is 19.1. The molecule has 0 spiro atoms. The van der Waals surface area contributed by atoms with Crippen LogP contribution in [-0.4, -0.2) is 17.0 Å². The molecule has 1 rings (SSSR count). The molecule has 0 atom stereocenters. The lowest BCUT2D eigenvalue weighted by atomic mass is 10.1. The number of carboxylic acid groups (broad SMARTS) is 1. The van der Waals surface area contributed by atoms with Crippen LogP contribution < -0.4 is 5.32 Å². The molecule has 2 N–H and O–H groups in total. The van der Waals surface area contributed by atoms with Crippen molar-refractivity contribution in [3.05, 3.63) is 29.6 Å². The van der Waals surface area contributed by atoms with Crippen LogP contribution in [0.2, 0.25) is 0 Å². The molecule has 0 heterocycles. The number of carbonyl (C=O) groups excluding carboxylic acids is 1. The number of halogens is 1. The summed E-state index contributed by atoms with van der Waals surface area (Å²) in [5, 5.41) is 11.0. The van der Waals surface area contributed by atoms with Gasteiger partial charge in [-0.25, -0.2) is 9.18 Å². The molecule has 1 aromatic carbocycles. The normalized spacial score (nSPS) is 8.88. The van der Waals surface area contributed by atoms with Crippen LogP contribution >= 0.6 is 0 Å². The average molecular weight is 221 g/mol. The first kappa shape index (κ1) is 11.7. The summed E-state index contributed by atoms with van der Waals surface area (Å²) in [6.07, 6.45) is 0. The van der Waals surface area contributed by atoms with Crippen LogP contribution in [-0.2, 0) is 4.79 Å². The van der Waals surface area contributed by atoms with Gasteiger partial charge in [-0.05, 0) is 31.0 Å². The van der Waals surface area contributed by atoms with Gasteiger partial charge in [0, 0.05) is 0 Å². The highest BCUT2D eigenvalue weighted by molar-refractivity contribution is 6.07. The minimum Gasteiger partial charge on any atom is -0.478 e. The third kappa shape index (κ3) is 2.82. The molecule has 0 aliphatic heterocycles. The molecule has 0 aromatic heterocycles. The number of hydrogen-bond donors (Lipinski definition) is 2. The molecule has 0 fully saturated rings. The first-order chi connectivity index (χ1) is 7.54. The van der Waals surface area contributed by atoms with Crippen molar-refractivity contribution >= 4 is 17.6 Å². The summed E-state index contributed by atoms with van der Waals surface area (Å²) in [4.78, 5) is 21.9. The Morgan fingerprint density at radius 2 is 2.12 bits per heavy atom. The standard InChI is InChI=1S/C11H8FNO3/c1-2-3-10(14)13-9-6-7(12)4-5-8(9)11(15)16/h4-6H,1H3,(H,13,14)(H,15,16). The van der Waals surface area contributed by atoms with Crippen LogP contribution in [0.25, 0.3) is 0 Å². The van der Waals surface area contributed by atoms with Gasteiger partial charge in [0.15, 0.2) is 0 Å². The Balaban J connectivity index is 3.09. The van der Waals surface area contributed by atoms with Gasteiger partial charge in [-0.15, -0.1) is 0 Å². The number of benzene rings is 1. The van der Waals surface area contributed by atoms with E-state index in [4.69, 9.17) is 5.11 Å².